The van der Waals surface area contributed by atoms with Gasteiger partial charge in [-0.3, -0.25) is 14.4 Å². The lowest BCUT2D eigenvalue weighted by Gasteiger charge is -2.34. The summed E-state index contributed by atoms with van der Waals surface area (Å²) in [5.41, 5.74) is 1.54. The van der Waals surface area contributed by atoms with Crippen molar-refractivity contribution >= 4 is 28.5 Å². The van der Waals surface area contributed by atoms with E-state index in [9.17, 15) is 18.8 Å². The molecular weight excluding hydrogens is 575 g/mol. The molecule has 0 fully saturated rings. The molecule has 45 heavy (non-hydrogen) atoms. The van der Waals surface area contributed by atoms with Gasteiger partial charge >= 0.3 is 0 Å². The van der Waals surface area contributed by atoms with Crippen LogP contribution in [0.25, 0.3) is 11.0 Å². The maximum atomic E-state index is 15.0. The first-order valence-electron chi connectivity index (χ1n) is 14.5. The molecular formula is C36H29FN2O6. The van der Waals surface area contributed by atoms with Crippen molar-refractivity contribution in [3.63, 3.8) is 0 Å². The summed E-state index contributed by atoms with van der Waals surface area (Å²) < 4.78 is 30.8. The van der Waals surface area contributed by atoms with E-state index in [-0.39, 0.29) is 35.8 Å². The van der Waals surface area contributed by atoms with Crippen molar-refractivity contribution in [2.75, 3.05) is 25.7 Å². The molecule has 2 aliphatic heterocycles. The maximum Gasteiger partial charge on any atom is 0.291 e. The minimum absolute atomic E-state index is 0.0111. The van der Waals surface area contributed by atoms with Crippen LogP contribution in [-0.4, -0.2) is 37.5 Å². The standard InChI is InChI=1S/C36H29FN2O6/c1-21-8-14-28-25(18-21)32(40)31-33(45-28)34(41)39(17-16-22-11-15-29(43-2)30(19-22)44-3)36(31)26-6-4-5-7-27(26)38(35(36)42)20-23-9-12-24(37)13-10-23/h4-15,18-19H,16-17,20H2,1-3H3. The summed E-state index contributed by atoms with van der Waals surface area (Å²) >= 11 is 0. The lowest BCUT2D eigenvalue weighted by Crippen LogP contribution is -2.53. The number of rotatable bonds is 7. The van der Waals surface area contributed by atoms with Gasteiger partial charge in [0.05, 0.1) is 37.4 Å². The summed E-state index contributed by atoms with van der Waals surface area (Å²) in [4.78, 5) is 46.8. The molecule has 5 aromatic rings. The first-order valence-corrected chi connectivity index (χ1v) is 14.5. The molecule has 3 heterocycles. The van der Waals surface area contributed by atoms with E-state index in [1.54, 1.807) is 73.7 Å². The largest absolute Gasteiger partial charge is 0.493 e. The van der Waals surface area contributed by atoms with Crippen molar-refractivity contribution in [1.82, 2.24) is 4.90 Å². The molecule has 0 N–H and O–H groups in total. The molecule has 9 heteroatoms. The molecule has 8 nitrogen and oxygen atoms in total. The first-order chi connectivity index (χ1) is 21.8. The third-order valence-electron chi connectivity index (χ3n) is 8.72. The Morgan fingerprint density at radius 1 is 0.844 bits per heavy atom. The highest BCUT2D eigenvalue weighted by atomic mass is 19.1. The van der Waals surface area contributed by atoms with Gasteiger partial charge in [-0.05, 0) is 66.9 Å². The minimum Gasteiger partial charge on any atom is -0.493 e. The normalized spacial score (nSPS) is 16.9. The van der Waals surface area contributed by atoms with E-state index < -0.39 is 22.8 Å². The fraction of sp³-hybridized carbons (Fsp3) is 0.194. The van der Waals surface area contributed by atoms with Crippen molar-refractivity contribution in [3.8, 4) is 11.5 Å². The van der Waals surface area contributed by atoms with E-state index in [4.69, 9.17) is 13.9 Å². The summed E-state index contributed by atoms with van der Waals surface area (Å²) in [5, 5.41) is 0.296. The van der Waals surface area contributed by atoms with Gasteiger partial charge in [-0.15, -0.1) is 0 Å². The van der Waals surface area contributed by atoms with Gasteiger partial charge in [-0.1, -0.05) is 48.0 Å². The number of para-hydroxylation sites is 1. The number of methoxy groups -OCH3 is 2. The van der Waals surface area contributed by atoms with E-state index >= 15 is 0 Å². The Kier molecular flexibility index (Phi) is 6.69. The fourth-order valence-electron chi connectivity index (χ4n) is 6.61. The molecule has 7 rings (SSSR count). The maximum absolute atomic E-state index is 15.0. The number of fused-ring (bicyclic) bond motifs is 5. The Morgan fingerprint density at radius 2 is 1.58 bits per heavy atom. The number of hydrogen-bond acceptors (Lipinski definition) is 6. The number of halogens is 1. The van der Waals surface area contributed by atoms with Gasteiger partial charge in [0.25, 0.3) is 11.8 Å². The van der Waals surface area contributed by atoms with Gasteiger partial charge in [0.2, 0.25) is 5.76 Å². The molecule has 2 aliphatic rings. The third-order valence-corrected chi connectivity index (χ3v) is 8.72. The Labute approximate surface area is 258 Å². The molecule has 0 aliphatic carbocycles. The quantitative estimate of drug-likeness (QED) is 0.235. The lowest BCUT2D eigenvalue weighted by atomic mass is 9.83. The van der Waals surface area contributed by atoms with Gasteiger partial charge in [0.1, 0.15) is 11.4 Å². The van der Waals surface area contributed by atoms with E-state index in [1.165, 1.54) is 17.0 Å². The second kappa shape index (κ2) is 10.6. The molecule has 1 spiro atoms. The first kappa shape index (κ1) is 28.3. The summed E-state index contributed by atoms with van der Waals surface area (Å²) in [5.74, 6) is -0.429. The number of carbonyl (C=O) groups is 2. The highest BCUT2D eigenvalue weighted by Gasteiger charge is 2.64. The topological polar surface area (TPSA) is 89.3 Å². The van der Waals surface area contributed by atoms with Crippen LogP contribution in [-0.2, 0) is 23.3 Å². The predicted octanol–water partition coefficient (Wildman–Crippen LogP) is 5.75. The average Bonchev–Trinajstić information content (AvgIpc) is 3.44. The highest BCUT2D eigenvalue weighted by Crippen LogP contribution is 2.53. The van der Waals surface area contributed by atoms with Gasteiger partial charge in [-0.25, -0.2) is 4.39 Å². The molecule has 0 saturated heterocycles. The number of ether oxygens (including phenoxy) is 2. The van der Waals surface area contributed by atoms with Crippen molar-refractivity contribution in [3.05, 3.63) is 135 Å². The summed E-state index contributed by atoms with van der Waals surface area (Å²) in [6.07, 6.45) is 0.349. The Hall–Kier alpha value is -5.44. The molecule has 0 radical (unpaired) electrons. The number of nitrogens with zero attached hydrogens (tertiary/aromatic N) is 2. The van der Waals surface area contributed by atoms with Crippen LogP contribution >= 0.6 is 0 Å². The van der Waals surface area contributed by atoms with Crippen LogP contribution in [0.15, 0.2) is 94.1 Å². The summed E-state index contributed by atoms with van der Waals surface area (Å²) in [6.45, 7) is 2.07. The Morgan fingerprint density at radius 3 is 2.33 bits per heavy atom. The van der Waals surface area contributed by atoms with Crippen molar-refractivity contribution < 1.29 is 27.9 Å². The van der Waals surface area contributed by atoms with Crippen molar-refractivity contribution in [2.45, 2.75) is 25.4 Å². The SMILES string of the molecule is COc1ccc(CCN2C(=O)c3oc4ccc(C)cc4c(=O)c3C23C(=O)N(Cc2ccc(F)cc2)c2ccccc23)cc1OC. The number of amides is 2. The third kappa shape index (κ3) is 4.22. The monoisotopic (exact) mass is 604 g/mol. The molecule has 1 aromatic heterocycles. The molecule has 0 saturated carbocycles. The Balaban J connectivity index is 1.42. The zero-order valence-electron chi connectivity index (χ0n) is 24.9. The van der Waals surface area contributed by atoms with Crippen molar-refractivity contribution in [1.29, 1.82) is 0 Å². The lowest BCUT2D eigenvalue weighted by molar-refractivity contribution is -0.126. The number of hydrogen-bond donors (Lipinski definition) is 0. The van der Waals surface area contributed by atoms with Crippen LogP contribution in [0, 0.1) is 12.7 Å². The average molecular weight is 605 g/mol. The van der Waals surface area contributed by atoms with E-state index in [2.05, 4.69) is 0 Å². The number of carbonyl (C=O) groups excluding carboxylic acids is 2. The molecule has 226 valence electrons. The second-order valence-corrected chi connectivity index (χ2v) is 11.3. The van der Waals surface area contributed by atoms with Crippen LogP contribution in [0.3, 0.4) is 0 Å². The number of anilines is 1. The zero-order chi connectivity index (χ0) is 31.5. The van der Waals surface area contributed by atoms with Crippen LogP contribution in [0.5, 0.6) is 11.5 Å². The summed E-state index contributed by atoms with van der Waals surface area (Å²) in [6, 6.07) is 23.7. The van der Waals surface area contributed by atoms with Crippen LogP contribution in [0.2, 0.25) is 0 Å². The van der Waals surface area contributed by atoms with Crippen LogP contribution in [0.4, 0.5) is 10.1 Å². The van der Waals surface area contributed by atoms with Crippen LogP contribution in [0.1, 0.15) is 38.4 Å². The zero-order valence-corrected chi connectivity index (χ0v) is 24.9. The Bertz CT molecular complexity index is 2070. The van der Waals surface area contributed by atoms with E-state index in [0.717, 1.165) is 11.1 Å². The highest BCUT2D eigenvalue weighted by molar-refractivity contribution is 6.17. The predicted molar refractivity (Wildman–Crippen MR) is 166 cm³/mol. The molecule has 1 unspecified atom stereocenters. The van der Waals surface area contributed by atoms with Crippen molar-refractivity contribution in [2.24, 2.45) is 0 Å². The summed E-state index contributed by atoms with van der Waals surface area (Å²) in [7, 11) is 3.10. The van der Waals surface area contributed by atoms with E-state index in [0.29, 0.717) is 40.1 Å². The molecule has 1 atom stereocenters. The van der Waals surface area contributed by atoms with Gasteiger partial charge in [0, 0.05) is 12.1 Å². The van der Waals surface area contributed by atoms with Crippen LogP contribution < -0.4 is 19.8 Å². The minimum atomic E-state index is -1.77. The molecule has 2 amide bonds. The van der Waals surface area contributed by atoms with E-state index in [1.807, 2.05) is 25.1 Å². The second-order valence-electron chi connectivity index (χ2n) is 11.3. The van der Waals surface area contributed by atoms with Gasteiger partial charge < -0.3 is 23.7 Å². The fourth-order valence-corrected chi connectivity index (χ4v) is 6.61. The van der Waals surface area contributed by atoms with Gasteiger partial charge in [-0.2, -0.15) is 0 Å². The molecule has 4 aromatic carbocycles. The smallest absolute Gasteiger partial charge is 0.291 e. The number of aryl methyl sites for hydroxylation is 1. The number of benzene rings is 4. The molecule has 0 bridgehead atoms. The van der Waals surface area contributed by atoms with Gasteiger partial charge in [0.15, 0.2) is 22.5 Å².